The molecule has 3 aromatic rings. The van der Waals surface area contributed by atoms with Crippen molar-refractivity contribution in [3.63, 3.8) is 0 Å². The number of hydrogen-bond acceptors (Lipinski definition) is 6. The lowest BCUT2D eigenvalue weighted by Crippen LogP contribution is -2.17. The van der Waals surface area contributed by atoms with Gasteiger partial charge in [-0.15, -0.1) is 0 Å². The van der Waals surface area contributed by atoms with E-state index in [1.807, 2.05) is 50.2 Å². The van der Waals surface area contributed by atoms with Crippen LogP contribution < -0.4 is 14.8 Å². The lowest BCUT2D eigenvalue weighted by molar-refractivity contribution is 0.0369. The van der Waals surface area contributed by atoms with Gasteiger partial charge in [-0.25, -0.2) is 9.78 Å². The van der Waals surface area contributed by atoms with Crippen molar-refractivity contribution >= 4 is 38.5 Å². The van der Waals surface area contributed by atoms with Crippen molar-refractivity contribution in [2.24, 2.45) is 0 Å². The number of rotatable bonds is 8. The van der Waals surface area contributed by atoms with Gasteiger partial charge >= 0.3 is 5.97 Å². The molecule has 170 valence electrons. The molecule has 3 rings (SSSR count). The molecular formula is C25H29BrN2O4. The van der Waals surface area contributed by atoms with Crippen molar-refractivity contribution in [1.82, 2.24) is 4.98 Å². The van der Waals surface area contributed by atoms with Gasteiger partial charge in [-0.05, 0) is 61.0 Å². The van der Waals surface area contributed by atoms with E-state index in [0.717, 1.165) is 32.1 Å². The molecule has 0 aliphatic rings. The van der Waals surface area contributed by atoms with Crippen LogP contribution in [0.4, 0.5) is 5.82 Å². The van der Waals surface area contributed by atoms with E-state index in [-0.39, 0.29) is 12.0 Å². The van der Waals surface area contributed by atoms with Crippen LogP contribution in [0.1, 0.15) is 55.2 Å². The highest BCUT2D eigenvalue weighted by Gasteiger charge is 2.23. The van der Waals surface area contributed by atoms with Gasteiger partial charge in [0.25, 0.3) is 0 Å². The van der Waals surface area contributed by atoms with Crippen LogP contribution in [0.2, 0.25) is 0 Å². The first kappa shape index (κ1) is 23.9. The van der Waals surface area contributed by atoms with Crippen molar-refractivity contribution in [3.05, 3.63) is 57.7 Å². The Labute approximate surface area is 197 Å². The molecule has 0 radical (unpaired) electrons. The molecule has 1 N–H and O–H groups in total. The summed E-state index contributed by atoms with van der Waals surface area (Å²) >= 11 is 3.56. The number of anilines is 1. The smallest absolute Gasteiger partial charge is 0.357 e. The standard InChI is InChI=1S/C25H29BrN2O4/c1-14(2)22-20-11-17(26)8-10-19(20)24(28-23(22)25(29)32-15(3)4)27-13-16-7-9-18(30-5)12-21(16)31-6/h7-12,14-15H,13H2,1-6H3,(H,27,28). The fraction of sp³-hybridized carbons (Fsp3) is 0.360. The summed E-state index contributed by atoms with van der Waals surface area (Å²) in [5.41, 5.74) is 2.16. The number of esters is 1. The minimum Gasteiger partial charge on any atom is -0.497 e. The predicted molar refractivity (Wildman–Crippen MR) is 131 cm³/mol. The number of aromatic nitrogens is 1. The lowest BCUT2D eigenvalue weighted by atomic mass is 9.94. The molecular weight excluding hydrogens is 472 g/mol. The van der Waals surface area contributed by atoms with E-state index in [0.29, 0.717) is 23.8 Å². The van der Waals surface area contributed by atoms with Crippen molar-refractivity contribution in [2.75, 3.05) is 19.5 Å². The number of fused-ring (bicyclic) bond motifs is 1. The van der Waals surface area contributed by atoms with Gasteiger partial charge in [0.15, 0.2) is 5.69 Å². The Hall–Kier alpha value is -2.80. The summed E-state index contributed by atoms with van der Waals surface area (Å²) in [6, 6.07) is 11.7. The van der Waals surface area contributed by atoms with Crippen molar-refractivity contribution in [2.45, 2.75) is 46.3 Å². The third kappa shape index (κ3) is 5.15. The van der Waals surface area contributed by atoms with Crippen LogP contribution in [-0.2, 0) is 11.3 Å². The Bertz CT molecular complexity index is 1130. The second kappa shape index (κ2) is 10.2. The van der Waals surface area contributed by atoms with E-state index in [4.69, 9.17) is 19.2 Å². The summed E-state index contributed by atoms with van der Waals surface area (Å²) in [4.78, 5) is 17.7. The van der Waals surface area contributed by atoms with Gasteiger partial charge in [0, 0.05) is 28.0 Å². The number of nitrogens with one attached hydrogen (secondary N) is 1. The number of carbonyl (C=O) groups excluding carboxylic acids is 1. The number of nitrogens with zero attached hydrogens (tertiary/aromatic N) is 1. The van der Waals surface area contributed by atoms with Gasteiger partial charge in [0.2, 0.25) is 0 Å². The van der Waals surface area contributed by atoms with E-state index in [1.54, 1.807) is 14.2 Å². The third-order valence-electron chi connectivity index (χ3n) is 5.06. The van der Waals surface area contributed by atoms with Gasteiger partial charge in [0.05, 0.1) is 20.3 Å². The molecule has 0 bridgehead atoms. The van der Waals surface area contributed by atoms with Crippen LogP contribution in [0, 0.1) is 0 Å². The van der Waals surface area contributed by atoms with Crippen LogP contribution in [0.25, 0.3) is 10.8 Å². The number of halogens is 1. The number of hydrogen-bond donors (Lipinski definition) is 1. The minimum atomic E-state index is -0.421. The molecule has 1 aromatic heterocycles. The fourth-order valence-electron chi connectivity index (χ4n) is 3.63. The average Bonchev–Trinajstić information content (AvgIpc) is 2.75. The Morgan fingerprint density at radius 2 is 1.78 bits per heavy atom. The molecule has 6 nitrogen and oxygen atoms in total. The second-order valence-corrected chi connectivity index (χ2v) is 8.97. The molecule has 0 unspecified atom stereocenters. The quantitative estimate of drug-likeness (QED) is 0.365. The Kier molecular flexibility index (Phi) is 7.61. The van der Waals surface area contributed by atoms with Crippen LogP contribution >= 0.6 is 15.9 Å². The highest BCUT2D eigenvalue weighted by Crippen LogP contribution is 2.35. The molecule has 0 fully saturated rings. The fourth-order valence-corrected chi connectivity index (χ4v) is 3.99. The summed E-state index contributed by atoms with van der Waals surface area (Å²) < 4.78 is 17.2. The first-order valence-corrected chi connectivity index (χ1v) is 11.3. The molecule has 0 atom stereocenters. The van der Waals surface area contributed by atoms with E-state index in [2.05, 4.69) is 35.1 Å². The first-order valence-electron chi connectivity index (χ1n) is 10.5. The maximum Gasteiger partial charge on any atom is 0.357 e. The Morgan fingerprint density at radius 3 is 2.41 bits per heavy atom. The summed E-state index contributed by atoms with van der Waals surface area (Å²) in [6.45, 7) is 8.24. The van der Waals surface area contributed by atoms with Gasteiger partial charge in [-0.1, -0.05) is 29.8 Å². The molecule has 2 aromatic carbocycles. The summed E-state index contributed by atoms with van der Waals surface area (Å²) in [5, 5.41) is 5.29. The molecule has 0 spiro atoms. The highest BCUT2D eigenvalue weighted by atomic mass is 79.9. The van der Waals surface area contributed by atoms with E-state index in [1.165, 1.54) is 0 Å². The molecule has 0 amide bonds. The molecule has 0 saturated carbocycles. The van der Waals surface area contributed by atoms with E-state index in [9.17, 15) is 4.79 Å². The molecule has 32 heavy (non-hydrogen) atoms. The predicted octanol–water partition coefficient (Wildman–Crippen LogP) is 6.32. The maximum atomic E-state index is 12.9. The Balaban J connectivity index is 2.10. The second-order valence-electron chi connectivity index (χ2n) is 8.05. The molecule has 0 aliphatic heterocycles. The van der Waals surface area contributed by atoms with Gasteiger partial charge in [0.1, 0.15) is 17.3 Å². The minimum absolute atomic E-state index is 0.0877. The zero-order valence-electron chi connectivity index (χ0n) is 19.3. The largest absolute Gasteiger partial charge is 0.497 e. The lowest BCUT2D eigenvalue weighted by Gasteiger charge is -2.19. The zero-order chi connectivity index (χ0) is 23.4. The van der Waals surface area contributed by atoms with Crippen LogP contribution in [0.5, 0.6) is 11.5 Å². The summed E-state index contributed by atoms with van der Waals surface area (Å²) in [7, 11) is 3.25. The third-order valence-corrected chi connectivity index (χ3v) is 5.55. The van der Waals surface area contributed by atoms with E-state index < -0.39 is 5.97 Å². The summed E-state index contributed by atoms with van der Waals surface area (Å²) in [6.07, 6.45) is -0.234. The Morgan fingerprint density at radius 1 is 1.03 bits per heavy atom. The molecule has 1 heterocycles. The van der Waals surface area contributed by atoms with Crippen LogP contribution in [-0.4, -0.2) is 31.3 Å². The highest BCUT2D eigenvalue weighted by molar-refractivity contribution is 9.10. The van der Waals surface area contributed by atoms with Crippen LogP contribution in [0.3, 0.4) is 0 Å². The monoisotopic (exact) mass is 500 g/mol. The number of pyridine rings is 1. The molecule has 0 aliphatic carbocycles. The van der Waals surface area contributed by atoms with Gasteiger partial charge in [-0.2, -0.15) is 0 Å². The van der Waals surface area contributed by atoms with Gasteiger partial charge < -0.3 is 19.5 Å². The zero-order valence-corrected chi connectivity index (χ0v) is 20.9. The van der Waals surface area contributed by atoms with Crippen molar-refractivity contribution in [1.29, 1.82) is 0 Å². The molecule has 0 saturated heterocycles. The van der Waals surface area contributed by atoms with Crippen molar-refractivity contribution in [3.8, 4) is 11.5 Å². The maximum absolute atomic E-state index is 12.9. The van der Waals surface area contributed by atoms with Crippen molar-refractivity contribution < 1.29 is 19.0 Å². The van der Waals surface area contributed by atoms with Crippen LogP contribution in [0.15, 0.2) is 40.9 Å². The first-order chi connectivity index (χ1) is 15.2. The van der Waals surface area contributed by atoms with E-state index >= 15 is 0 Å². The average molecular weight is 501 g/mol. The van der Waals surface area contributed by atoms with Gasteiger partial charge in [-0.3, -0.25) is 0 Å². The summed E-state index contributed by atoms with van der Waals surface area (Å²) in [5.74, 6) is 1.71. The topological polar surface area (TPSA) is 69.7 Å². The number of benzene rings is 2. The number of methoxy groups -OCH3 is 2. The number of carbonyl (C=O) groups is 1. The molecule has 7 heteroatoms. The number of ether oxygens (including phenoxy) is 3. The normalized spacial score (nSPS) is 11.2. The SMILES string of the molecule is COc1ccc(CNc2nc(C(=O)OC(C)C)c(C(C)C)c3cc(Br)ccc23)c(OC)c1.